The highest BCUT2D eigenvalue weighted by molar-refractivity contribution is 5.75. The number of ether oxygens (including phenoxy) is 1. The Bertz CT molecular complexity index is 1500. The summed E-state index contributed by atoms with van der Waals surface area (Å²) in [5, 5.41) is 0. The number of hydrogen-bond acceptors (Lipinski definition) is 3. The normalized spacial score (nSPS) is 13.5. The highest BCUT2D eigenvalue weighted by atomic mass is 16.5. The van der Waals surface area contributed by atoms with Crippen molar-refractivity contribution in [3.8, 4) is 22.3 Å². The molecular formula is C41H56N4O. The lowest BCUT2D eigenvalue weighted by Crippen LogP contribution is -2.35. The van der Waals surface area contributed by atoms with E-state index in [1.165, 1.54) is 38.9 Å². The van der Waals surface area contributed by atoms with E-state index in [2.05, 4.69) is 136 Å². The van der Waals surface area contributed by atoms with Crippen molar-refractivity contribution in [1.82, 2.24) is 4.90 Å². The molecule has 0 amide bonds. The van der Waals surface area contributed by atoms with Crippen molar-refractivity contribution in [1.29, 1.82) is 0 Å². The molecule has 5 nitrogen and oxygen atoms in total. The molecule has 246 valence electrons. The molecule has 1 fully saturated rings. The number of nitrogens with zero attached hydrogens (tertiary/aromatic N) is 2. The Morgan fingerprint density at radius 3 is 1.50 bits per heavy atom. The molecule has 46 heavy (non-hydrogen) atoms. The van der Waals surface area contributed by atoms with Crippen LogP contribution in [0.5, 0.6) is 0 Å². The lowest BCUT2D eigenvalue weighted by molar-refractivity contribution is 0.0342. The predicted molar refractivity (Wildman–Crippen MR) is 198 cm³/mol. The van der Waals surface area contributed by atoms with Crippen LogP contribution in [-0.2, 0) is 28.7 Å². The van der Waals surface area contributed by atoms with Crippen molar-refractivity contribution in [3.63, 3.8) is 0 Å². The van der Waals surface area contributed by atoms with E-state index < -0.39 is 0 Å². The van der Waals surface area contributed by atoms with Gasteiger partial charge in [0.15, 0.2) is 5.96 Å². The summed E-state index contributed by atoms with van der Waals surface area (Å²) < 4.78 is 5.43. The van der Waals surface area contributed by atoms with Crippen LogP contribution in [0, 0.1) is 0 Å². The Morgan fingerprint density at radius 2 is 1.07 bits per heavy atom. The second kappa shape index (κ2) is 17.1. The van der Waals surface area contributed by atoms with Crippen LogP contribution in [0.1, 0.15) is 77.6 Å². The summed E-state index contributed by atoms with van der Waals surface area (Å²) in [5.41, 5.74) is 21.3. The first-order chi connectivity index (χ1) is 21.9. The first-order valence-corrected chi connectivity index (χ1v) is 16.6. The lowest BCUT2D eigenvalue weighted by atomic mass is 9.86. The number of guanidine groups is 1. The van der Waals surface area contributed by atoms with Gasteiger partial charge in [-0.25, -0.2) is 4.99 Å². The van der Waals surface area contributed by atoms with Crippen LogP contribution in [0.2, 0.25) is 0 Å². The van der Waals surface area contributed by atoms with E-state index in [1.807, 2.05) is 26.0 Å². The van der Waals surface area contributed by atoms with Crippen LogP contribution in [-0.4, -0.2) is 37.2 Å². The second-order valence-electron chi connectivity index (χ2n) is 13.7. The van der Waals surface area contributed by atoms with Crippen molar-refractivity contribution in [2.75, 3.05) is 26.3 Å². The second-order valence-corrected chi connectivity index (χ2v) is 13.7. The van der Waals surface area contributed by atoms with Crippen LogP contribution in [0.25, 0.3) is 22.3 Å². The van der Waals surface area contributed by atoms with E-state index in [1.54, 1.807) is 0 Å². The van der Waals surface area contributed by atoms with E-state index >= 15 is 0 Å². The SMILES string of the molecule is CC.CC(C)(C)c1ccc(-c2cccc(CN3CCOCC3)c2)cc1.CC(C)(C)c1ccc(-c2cccc(CN=C(N)N)c2)cc1. The van der Waals surface area contributed by atoms with E-state index in [-0.39, 0.29) is 16.8 Å². The number of nitrogens with two attached hydrogens (primary N) is 2. The van der Waals surface area contributed by atoms with Gasteiger partial charge in [0.2, 0.25) is 0 Å². The largest absolute Gasteiger partial charge is 0.379 e. The first-order valence-electron chi connectivity index (χ1n) is 16.6. The molecule has 4 aromatic carbocycles. The monoisotopic (exact) mass is 620 g/mol. The minimum Gasteiger partial charge on any atom is -0.379 e. The molecule has 1 aliphatic heterocycles. The number of rotatable bonds is 6. The van der Waals surface area contributed by atoms with Gasteiger partial charge in [-0.15, -0.1) is 0 Å². The third-order valence-corrected chi connectivity index (χ3v) is 7.98. The minimum absolute atomic E-state index is 0.120. The molecule has 0 atom stereocenters. The molecule has 0 saturated carbocycles. The van der Waals surface area contributed by atoms with Crippen LogP contribution in [0.3, 0.4) is 0 Å². The number of hydrogen-bond donors (Lipinski definition) is 2. The third kappa shape index (κ3) is 11.5. The average molecular weight is 621 g/mol. The van der Waals surface area contributed by atoms with Crippen molar-refractivity contribution in [3.05, 3.63) is 119 Å². The molecule has 0 unspecified atom stereocenters. The lowest BCUT2D eigenvalue weighted by Gasteiger charge is -2.26. The smallest absolute Gasteiger partial charge is 0.186 e. The Balaban J connectivity index is 0.000000239. The number of morpholine rings is 1. The molecule has 4 aromatic rings. The Morgan fingerprint density at radius 1 is 0.630 bits per heavy atom. The van der Waals surface area contributed by atoms with E-state index in [0.717, 1.165) is 38.4 Å². The molecule has 4 N–H and O–H groups in total. The molecule has 5 rings (SSSR count). The van der Waals surface area contributed by atoms with Gasteiger partial charge in [-0.3, -0.25) is 4.90 Å². The van der Waals surface area contributed by atoms with Crippen LogP contribution in [0.4, 0.5) is 0 Å². The van der Waals surface area contributed by atoms with E-state index in [0.29, 0.717) is 6.54 Å². The quantitative estimate of drug-likeness (QED) is 0.167. The molecule has 0 aromatic heterocycles. The summed E-state index contributed by atoms with van der Waals surface area (Å²) >= 11 is 0. The van der Waals surface area contributed by atoms with Gasteiger partial charge < -0.3 is 16.2 Å². The molecule has 1 saturated heterocycles. The molecular weight excluding hydrogens is 564 g/mol. The maximum Gasteiger partial charge on any atom is 0.186 e. The van der Waals surface area contributed by atoms with Gasteiger partial charge in [-0.05, 0) is 67.5 Å². The predicted octanol–water partition coefficient (Wildman–Crippen LogP) is 8.93. The Hall–Kier alpha value is -3.93. The molecule has 0 spiro atoms. The Labute approximate surface area is 278 Å². The fourth-order valence-electron chi connectivity index (χ4n) is 5.22. The third-order valence-electron chi connectivity index (χ3n) is 7.98. The highest BCUT2D eigenvalue weighted by Gasteiger charge is 2.15. The standard InChI is InChI=1S/C21H27NO.C18H23N3.C2H6/c1-21(2,3)20-9-7-18(8-10-20)19-6-4-5-17(15-19)16-22-11-13-23-14-12-22;1-18(2,3)16-9-7-14(8-10-16)15-6-4-5-13(11-15)12-21-17(19)20;1-2/h4-10,15H,11-14,16H2,1-3H3;4-11H,12H2,1-3H3,(H4,19,20,21);1-2H3. The van der Waals surface area contributed by atoms with Crippen molar-refractivity contribution in [2.45, 2.75) is 79.3 Å². The van der Waals surface area contributed by atoms with E-state index in [9.17, 15) is 0 Å². The van der Waals surface area contributed by atoms with Crippen molar-refractivity contribution >= 4 is 5.96 Å². The maximum absolute atomic E-state index is 5.43. The number of aliphatic imine (C=N–C) groups is 1. The molecule has 0 aliphatic carbocycles. The first kappa shape index (κ1) is 36.5. The summed E-state index contributed by atoms with van der Waals surface area (Å²) in [6.45, 7) is 22.7. The number of benzene rings is 4. The topological polar surface area (TPSA) is 76.9 Å². The minimum atomic E-state index is 0.120. The summed E-state index contributed by atoms with van der Waals surface area (Å²) in [7, 11) is 0. The summed E-state index contributed by atoms with van der Waals surface area (Å²) in [4.78, 5) is 6.51. The van der Waals surface area contributed by atoms with Crippen LogP contribution >= 0.6 is 0 Å². The Kier molecular flexibility index (Phi) is 13.6. The average Bonchev–Trinajstić information content (AvgIpc) is 3.05. The summed E-state index contributed by atoms with van der Waals surface area (Å²) in [5.74, 6) is 0.120. The summed E-state index contributed by atoms with van der Waals surface area (Å²) in [6, 6.07) is 34.9. The van der Waals surface area contributed by atoms with Gasteiger partial charge in [-0.2, -0.15) is 0 Å². The van der Waals surface area contributed by atoms with Crippen molar-refractivity contribution < 1.29 is 4.74 Å². The van der Waals surface area contributed by atoms with Gasteiger partial charge in [0.1, 0.15) is 0 Å². The zero-order valence-electron chi connectivity index (χ0n) is 29.4. The van der Waals surface area contributed by atoms with Gasteiger partial charge in [0.25, 0.3) is 0 Å². The van der Waals surface area contributed by atoms with Gasteiger partial charge in [-0.1, -0.05) is 140 Å². The molecule has 1 heterocycles. The maximum atomic E-state index is 5.43. The fourth-order valence-corrected chi connectivity index (χ4v) is 5.22. The van der Waals surface area contributed by atoms with Crippen molar-refractivity contribution in [2.24, 2.45) is 16.5 Å². The zero-order chi connectivity index (χ0) is 33.7. The van der Waals surface area contributed by atoms with Gasteiger partial charge in [0.05, 0.1) is 19.8 Å². The molecule has 0 bridgehead atoms. The van der Waals surface area contributed by atoms with Crippen LogP contribution in [0.15, 0.2) is 102 Å². The van der Waals surface area contributed by atoms with E-state index in [4.69, 9.17) is 16.2 Å². The highest BCUT2D eigenvalue weighted by Crippen LogP contribution is 2.28. The van der Waals surface area contributed by atoms with Gasteiger partial charge >= 0.3 is 0 Å². The zero-order valence-corrected chi connectivity index (χ0v) is 29.4. The summed E-state index contributed by atoms with van der Waals surface area (Å²) in [6.07, 6.45) is 0. The fraction of sp³-hybridized carbons (Fsp3) is 0.390. The van der Waals surface area contributed by atoms with Crippen LogP contribution < -0.4 is 11.5 Å². The molecule has 1 aliphatic rings. The molecule has 5 heteroatoms. The molecule has 0 radical (unpaired) electrons. The van der Waals surface area contributed by atoms with Gasteiger partial charge in [0, 0.05) is 19.6 Å².